The van der Waals surface area contributed by atoms with E-state index in [0.717, 1.165) is 36.2 Å². The van der Waals surface area contributed by atoms with Crippen LogP contribution < -0.4 is 5.32 Å². The largest absolute Gasteiger partial charge is 0.469 e. The van der Waals surface area contributed by atoms with Gasteiger partial charge in [-0.1, -0.05) is 0 Å². The van der Waals surface area contributed by atoms with Gasteiger partial charge in [-0.05, 0) is 33.1 Å². The van der Waals surface area contributed by atoms with Crippen LogP contribution in [-0.4, -0.2) is 40.1 Å². The van der Waals surface area contributed by atoms with Crippen molar-refractivity contribution in [1.29, 1.82) is 0 Å². The van der Waals surface area contributed by atoms with Gasteiger partial charge in [0.15, 0.2) is 0 Å². The second kappa shape index (κ2) is 6.58. The molecule has 0 amide bonds. The Morgan fingerprint density at radius 1 is 1.48 bits per heavy atom. The molecule has 0 saturated heterocycles. The number of aromatic nitrogens is 2. The highest BCUT2D eigenvalue weighted by atomic mass is 16.5. The second-order valence-corrected chi connectivity index (χ2v) is 5.88. The van der Waals surface area contributed by atoms with Crippen molar-refractivity contribution in [2.45, 2.75) is 58.2 Å². The first-order chi connectivity index (χ1) is 9.95. The summed E-state index contributed by atoms with van der Waals surface area (Å²) in [5.41, 5.74) is 2.65. The lowest BCUT2D eigenvalue weighted by molar-refractivity contribution is -0.140. The van der Waals surface area contributed by atoms with Crippen LogP contribution in [0.1, 0.15) is 42.6 Å². The van der Waals surface area contributed by atoms with Crippen molar-refractivity contribution in [3.63, 3.8) is 0 Å². The topological polar surface area (TPSA) is 76.4 Å². The third-order valence-corrected chi connectivity index (χ3v) is 4.33. The molecule has 1 fully saturated rings. The van der Waals surface area contributed by atoms with Gasteiger partial charge in [0.05, 0.1) is 31.4 Å². The summed E-state index contributed by atoms with van der Waals surface area (Å²) in [6.07, 6.45) is 3.21. The number of aliphatic hydroxyl groups is 1. The lowest BCUT2D eigenvalue weighted by atomic mass is 9.80. The average Bonchev–Trinajstić information content (AvgIpc) is 2.70. The number of aryl methyl sites for hydroxylation is 2. The SMILES string of the molecule is COC(=O)CCn1nc(C)c(CNCC2(O)CCC2)c1C. The Kier molecular flexibility index (Phi) is 5.00. The van der Waals surface area contributed by atoms with Crippen molar-refractivity contribution in [3.8, 4) is 0 Å². The summed E-state index contributed by atoms with van der Waals surface area (Å²) in [5, 5.41) is 17.9. The lowest BCUT2D eigenvalue weighted by Crippen LogP contribution is -2.46. The monoisotopic (exact) mass is 295 g/mol. The van der Waals surface area contributed by atoms with Crippen molar-refractivity contribution in [1.82, 2.24) is 15.1 Å². The van der Waals surface area contributed by atoms with Crippen molar-refractivity contribution >= 4 is 5.97 Å². The zero-order valence-corrected chi connectivity index (χ0v) is 13.1. The fourth-order valence-electron chi connectivity index (χ4n) is 2.69. The summed E-state index contributed by atoms with van der Waals surface area (Å²) in [6.45, 7) is 5.82. The van der Waals surface area contributed by atoms with E-state index in [0.29, 0.717) is 26.1 Å². The summed E-state index contributed by atoms with van der Waals surface area (Å²) in [4.78, 5) is 11.2. The van der Waals surface area contributed by atoms with Crippen LogP contribution in [0.3, 0.4) is 0 Å². The number of carbonyl (C=O) groups excluding carboxylic acids is 1. The number of hydrogen-bond donors (Lipinski definition) is 2. The molecule has 2 N–H and O–H groups in total. The number of carbonyl (C=O) groups is 1. The van der Waals surface area contributed by atoms with Crippen LogP contribution in [0.4, 0.5) is 0 Å². The highest BCUT2D eigenvalue weighted by Gasteiger charge is 2.33. The minimum absolute atomic E-state index is 0.227. The van der Waals surface area contributed by atoms with Crippen LogP contribution in [0.15, 0.2) is 0 Å². The summed E-state index contributed by atoms with van der Waals surface area (Å²) in [5.74, 6) is -0.227. The molecular formula is C15H25N3O3. The van der Waals surface area contributed by atoms with Gasteiger partial charge < -0.3 is 15.2 Å². The van der Waals surface area contributed by atoms with Gasteiger partial charge in [-0.15, -0.1) is 0 Å². The molecule has 1 heterocycles. The van der Waals surface area contributed by atoms with Crippen molar-refractivity contribution in [2.75, 3.05) is 13.7 Å². The molecule has 0 radical (unpaired) electrons. The van der Waals surface area contributed by atoms with Gasteiger partial charge in [-0.3, -0.25) is 9.48 Å². The molecule has 0 bridgehead atoms. The van der Waals surface area contributed by atoms with Gasteiger partial charge in [0.2, 0.25) is 0 Å². The number of methoxy groups -OCH3 is 1. The number of hydrogen-bond acceptors (Lipinski definition) is 5. The molecule has 0 aliphatic heterocycles. The number of nitrogens with zero attached hydrogens (tertiary/aromatic N) is 2. The van der Waals surface area contributed by atoms with Gasteiger partial charge >= 0.3 is 5.97 Å². The highest BCUT2D eigenvalue weighted by molar-refractivity contribution is 5.68. The quantitative estimate of drug-likeness (QED) is 0.736. The normalized spacial score (nSPS) is 16.6. The third-order valence-electron chi connectivity index (χ3n) is 4.33. The van der Waals surface area contributed by atoms with E-state index in [1.54, 1.807) is 0 Å². The molecule has 6 nitrogen and oxygen atoms in total. The smallest absolute Gasteiger partial charge is 0.307 e. The number of nitrogens with one attached hydrogen (secondary N) is 1. The van der Waals surface area contributed by atoms with Crippen LogP contribution in [0.25, 0.3) is 0 Å². The van der Waals surface area contributed by atoms with Crippen LogP contribution in [0.2, 0.25) is 0 Å². The van der Waals surface area contributed by atoms with Crippen molar-refractivity contribution in [2.24, 2.45) is 0 Å². The summed E-state index contributed by atoms with van der Waals surface area (Å²) >= 11 is 0. The van der Waals surface area contributed by atoms with E-state index in [4.69, 9.17) is 0 Å². The van der Waals surface area contributed by atoms with Crippen LogP contribution in [0.5, 0.6) is 0 Å². The maximum Gasteiger partial charge on any atom is 0.307 e. The Morgan fingerprint density at radius 2 is 2.19 bits per heavy atom. The maximum absolute atomic E-state index is 11.2. The Balaban J connectivity index is 1.90. The predicted octanol–water partition coefficient (Wildman–Crippen LogP) is 1.07. The van der Waals surface area contributed by atoms with Gasteiger partial charge in [-0.2, -0.15) is 5.10 Å². The first kappa shape index (κ1) is 16.0. The van der Waals surface area contributed by atoms with Crippen LogP contribution >= 0.6 is 0 Å². The minimum atomic E-state index is -0.511. The van der Waals surface area contributed by atoms with E-state index in [2.05, 4.69) is 15.2 Å². The average molecular weight is 295 g/mol. The van der Waals surface area contributed by atoms with E-state index in [1.165, 1.54) is 7.11 Å². The van der Waals surface area contributed by atoms with E-state index in [9.17, 15) is 9.90 Å². The fourth-order valence-corrected chi connectivity index (χ4v) is 2.69. The van der Waals surface area contributed by atoms with Gasteiger partial charge in [0.25, 0.3) is 0 Å². The number of ether oxygens (including phenoxy) is 1. The molecule has 1 saturated carbocycles. The van der Waals surface area contributed by atoms with Crippen LogP contribution in [0, 0.1) is 13.8 Å². The van der Waals surface area contributed by atoms with Gasteiger partial charge in [0.1, 0.15) is 0 Å². The first-order valence-corrected chi connectivity index (χ1v) is 7.48. The maximum atomic E-state index is 11.2. The Bertz CT molecular complexity index is 507. The van der Waals surface area contributed by atoms with Crippen molar-refractivity contribution in [3.05, 3.63) is 17.0 Å². The molecule has 1 aromatic rings. The predicted molar refractivity (Wildman–Crippen MR) is 78.8 cm³/mol. The molecule has 6 heteroatoms. The molecule has 21 heavy (non-hydrogen) atoms. The molecule has 1 aliphatic rings. The molecule has 0 atom stereocenters. The third kappa shape index (κ3) is 3.83. The Labute approximate surface area is 125 Å². The van der Waals surface area contributed by atoms with Crippen LogP contribution in [-0.2, 0) is 22.6 Å². The van der Waals surface area contributed by atoms with E-state index >= 15 is 0 Å². The second-order valence-electron chi connectivity index (χ2n) is 5.88. The highest BCUT2D eigenvalue weighted by Crippen LogP contribution is 2.30. The molecule has 0 aromatic carbocycles. The summed E-state index contributed by atoms with van der Waals surface area (Å²) in [6, 6.07) is 0. The molecule has 1 aliphatic carbocycles. The molecule has 2 rings (SSSR count). The Hall–Kier alpha value is -1.40. The zero-order valence-electron chi connectivity index (χ0n) is 13.1. The standard InChI is InChI=1S/C15H25N3O3/c1-11-13(9-16-10-15(20)6-4-7-15)12(2)18(17-11)8-5-14(19)21-3/h16,20H,4-10H2,1-3H3. The molecule has 0 spiro atoms. The molecule has 1 aromatic heterocycles. The summed E-state index contributed by atoms with van der Waals surface area (Å²) in [7, 11) is 1.39. The fraction of sp³-hybridized carbons (Fsp3) is 0.733. The number of esters is 1. The molecule has 118 valence electrons. The number of rotatable bonds is 7. The zero-order chi connectivity index (χ0) is 15.5. The Morgan fingerprint density at radius 3 is 2.76 bits per heavy atom. The van der Waals surface area contributed by atoms with Gasteiger partial charge in [-0.25, -0.2) is 0 Å². The summed E-state index contributed by atoms with van der Waals surface area (Å²) < 4.78 is 6.50. The van der Waals surface area contributed by atoms with Crippen molar-refractivity contribution < 1.29 is 14.6 Å². The van der Waals surface area contributed by atoms with E-state index < -0.39 is 5.60 Å². The van der Waals surface area contributed by atoms with Gasteiger partial charge in [0, 0.05) is 24.3 Å². The van der Waals surface area contributed by atoms with E-state index in [1.807, 2.05) is 18.5 Å². The first-order valence-electron chi connectivity index (χ1n) is 7.48. The molecule has 0 unspecified atom stereocenters. The minimum Gasteiger partial charge on any atom is -0.469 e. The molecular weight excluding hydrogens is 270 g/mol. The lowest BCUT2D eigenvalue weighted by Gasteiger charge is -2.36. The van der Waals surface area contributed by atoms with E-state index in [-0.39, 0.29) is 5.97 Å².